The first-order valence-corrected chi connectivity index (χ1v) is 6.21. The zero-order valence-corrected chi connectivity index (χ0v) is 10.5. The highest BCUT2D eigenvalue weighted by Gasteiger charge is 2.18. The largest absolute Gasteiger partial charge is 0.380 e. The van der Waals surface area contributed by atoms with Crippen molar-refractivity contribution in [1.29, 1.82) is 0 Å². The lowest BCUT2D eigenvalue weighted by Crippen LogP contribution is -2.40. The van der Waals surface area contributed by atoms with Crippen LogP contribution >= 0.6 is 0 Å². The Morgan fingerprint density at radius 2 is 2.27 bits per heavy atom. The van der Waals surface area contributed by atoms with Crippen LogP contribution in [0.1, 0.15) is 33.1 Å². The van der Waals surface area contributed by atoms with E-state index in [-0.39, 0.29) is 0 Å². The smallest absolute Gasteiger partial charge is 0.0698 e. The Bertz CT molecular complexity index is 162. The molecule has 0 aromatic rings. The van der Waals surface area contributed by atoms with Gasteiger partial charge in [-0.05, 0) is 38.9 Å². The van der Waals surface area contributed by atoms with Crippen LogP contribution < -0.4 is 5.32 Å². The highest BCUT2D eigenvalue weighted by Crippen LogP contribution is 2.12. The number of nitrogens with one attached hydrogen (secondary N) is 1. The fourth-order valence-corrected chi connectivity index (χ4v) is 2.10. The van der Waals surface area contributed by atoms with Crippen LogP contribution in [0.15, 0.2) is 0 Å². The fraction of sp³-hybridized carbons (Fsp3) is 1.00. The highest BCUT2D eigenvalue weighted by molar-refractivity contribution is 4.73. The van der Waals surface area contributed by atoms with Crippen molar-refractivity contribution in [2.75, 3.05) is 33.3 Å². The second-order valence-electron chi connectivity index (χ2n) is 4.76. The van der Waals surface area contributed by atoms with E-state index in [1.54, 1.807) is 0 Å². The highest BCUT2D eigenvalue weighted by atomic mass is 16.5. The van der Waals surface area contributed by atoms with Gasteiger partial charge in [0.1, 0.15) is 0 Å². The van der Waals surface area contributed by atoms with Crippen LogP contribution in [0.4, 0.5) is 0 Å². The fourth-order valence-electron chi connectivity index (χ4n) is 2.10. The Balaban J connectivity index is 2.05. The standard InChI is InChI=1S/C12H26N2O/c1-11(2)13-7-5-9-14-8-4-6-12(10-14)15-3/h11-13H,4-10H2,1-3H3. The third-order valence-electron chi connectivity index (χ3n) is 3.00. The van der Waals surface area contributed by atoms with Gasteiger partial charge in [-0.2, -0.15) is 0 Å². The molecule has 1 rings (SSSR count). The second kappa shape index (κ2) is 7.20. The summed E-state index contributed by atoms with van der Waals surface area (Å²) in [6, 6.07) is 0.609. The molecule has 3 nitrogen and oxygen atoms in total. The lowest BCUT2D eigenvalue weighted by molar-refractivity contribution is 0.0311. The summed E-state index contributed by atoms with van der Waals surface area (Å²) in [6.45, 7) is 9.11. The summed E-state index contributed by atoms with van der Waals surface area (Å²) in [7, 11) is 1.83. The molecular formula is C12H26N2O. The maximum Gasteiger partial charge on any atom is 0.0698 e. The Hall–Kier alpha value is -0.120. The summed E-state index contributed by atoms with van der Waals surface area (Å²) < 4.78 is 5.41. The number of methoxy groups -OCH3 is 1. The summed E-state index contributed by atoms with van der Waals surface area (Å²) in [5.41, 5.74) is 0. The van der Waals surface area contributed by atoms with E-state index in [4.69, 9.17) is 4.74 Å². The SMILES string of the molecule is COC1CCCN(CCCNC(C)C)C1. The molecule has 0 radical (unpaired) electrons. The molecule has 1 fully saturated rings. The molecule has 1 saturated heterocycles. The summed E-state index contributed by atoms with van der Waals surface area (Å²) >= 11 is 0. The van der Waals surface area contributed by atoms with Crippen molar-refractivity contribution >= 4 is 0 Å². The molecule has 0 aliphatic carbocycles. The van der Waals surface area contributed by atoms with Gasteiger partial charge in [-0.15, -0.1) is 0 Å². The Morgan fingerprint density at radius 1 is 1.47 bits per heavy atom. The van der Waals surface area contributed by atoms with Crippen LogP contribution in [-0.2, 0) is 4.74 Å². The van der Waals surface area contributed by atoms with Gasteiger partial charge in [0.15, 0.2) is 0 Å². The average molecular weight is 214 g/mol. The minimum absolute atomic E-state index is 0.469. The van der Waals surface area contributed by atoms with Gasteiger partial charge in [0.25, 0.3) is 0 Å². The number of rotatable bonds is 6. The van der Waals surface area contributed by atoms with Crippen molar-refractivity contribution < 1.29 is 4.74 Å². The van der Waals surface area contributed by atoms with Gasteiger partial charge >= 0.3 is 0 Å². The zero-order valence-electron chi connectivity index (χ0n) is 10.5. The minimum Gasteiger partial charge on any atom is -0.380 e. The molecule has 90 valence electrons. The zero-order chi connectivity index (χ0) is 11.1. The number of nitrogens with zero attached hydrogens (tertiary/aromatic N) is 1. The van der Waals surface area contributed by atoms with Gasteiger partial charge in [-0.3, -0.25) is 0 Å². The van der Waals surface area contributed by atoms with Crippen LogP contribution in [0.5, 0.6) is 0 Å². The molecule has 0 spiro atoms. The molecule has 1 atom stereocenters. The normalized spacial score (nSPS) is 23.6. The van der Waals surface area contributed by atoms with Crippen molar-refractivity contribution in [2.24, 2.45) is 0 Å². The van der Waals surface area contributed by atoms with Crippen molar-refractivity contribution in [1.82, 2.24) is 10.2 Å². The molecule has 1 unspecified atom stereocenters. The van der Waals surface area contributed by atoms with E-state index in [2.05, 4.69) is 24.1 Å². The molecule has 15 heavy (non-hydrogen) atoms. The predicted molar refractivity (Wildman–Crippen MR) is 64.2 cm³/mol. The predicted octanol–water partition coefficient (Wildman–Crippen LogP) is 1.49. The molecule has 1 aliphatic rings. The lowest BCUT2D eigenvalue weighted by Gasteiger charge is -2.31. The Morgan fingerprint density at radius 3 is 2.93 bits per heavy atom. The molecule has 1 N–H and O–H groups in total. The Labute approximate surface area is 94.2 Å². The molecular weight excluding hydrogens is 188 g/mol. The van der Waals surface area contributed by atoms with Crippen LogP contribution in [0, 0.1) is 0 Å². The number of ether oxygens (including phenoxy) is 1. The van der Waals surface area contributed by atoms with Gasteiger partial charge in [-0.1, -0.05) is 13.8 Å². The average Bonchev–Trinajstić information content (AvgIpc) is 2.24. The van der Waals surface area contributed by atoms with Crippen LogP contribution in [0.25, 0.3) is 0 Å². The first-order chi connectivity index (χ1) is 7.22. The molecule has 1 aliphatic heterocycles. The molecule has 0 amide bonds. The lowest BCUT2D eigenvalue weighted by atomic mass is 10.1. The molecule has 0 aromatic heterocycles. The van der Waals surface area contributed by atoms with E-state index in [9.17, 15) is 0 Å². The number of hydrogen-bond donors (Lipinski definition) is 1. The van der Waals surface area contributed by atoms with E-state index in [1.807, 2.05) is 7.11 Å². The van der Waals surface area contributed by atoms with E-state index in [1.165, 1.54) is 32.4 Å². The van der Waals surface area contributed by atoms with Crippen molar-refractivity contribution in [3.63, 3.8) is 0 Å². The minimum atomic E-state index is 0.469. The molecule has 0 aromatic carbocycles. The third-order valence-corrected chi connectivity index (χ3v) is 3.00. The monoisotopic (exact) mass is 214 g/mol. The van der Waals surface area contributed by atoms with E-state index < -0.39 is 0 Å². The summed E-state index contributed by atoms with van der Waals surface area (Å²) in [4.78, 5) is 2.53. The maximum absolute atomic E-state index is 5.41. The van der Waals surface area contributed by atoms with Crippen molar-refractivity contribution in [3.05, 3.63) is 0 Å². The van der Waals surface area contributed by atoms with Gasteiger partial charge in [-0.25, -0.2) is 0 Å². The quantitative estimate of drug-likeness (QED) is 0.678. The number of likely N-dealkylation sites (tertiary alicyclic amines) is 1. The topological polar surface area (TPSA) is 24.5 Å². The van der Waals surface area contributed by atoms with Crippen LogP contribution in [-0.4, -0.2) is 50.3 Å². The maximum atomic E-state index is 5.41. The Kier molecular flexibility index (Phi) is 6.22. The van der Waals surface area contributed by atoms with Gasteiger partial charge in [0.05, 0.1) is 6.10 Å². The number of hydrogen-bond acceptors (Lipinski definition) is 3. The molecule has 0 bridgehead atoms. The first-order valence-electron chi connectivity index (χ1n) is 6.21. The van der Waals surface area contributed by atoms with E-state index >= 15 is 0 Å². The summed E-state index contributed by atoms with van der Waals surface area (Å²) in [6.07, 6.45) is 4.24. The van der Waals surface area contributed by atoms with Crippen LogP contribution in [0.2, 0.25) is 0 Å². The number of piperidine rings is 1. The third kappa shape index (κ3) is 5.50. The van der Waals surface area contributed by atoms with E-state index in [0.29, 0.717) is 12.1 Å². The van der Waals surface area contributed by atoms with Gasteiger partial charge < -0.3 is 15.0 Å². The van der Waals surface area contributed by atoms with Crippen molar-refractivity contribution in [2.45, 2.75) is 45.3 Å². The molecule has 3 heteroatoms. The van der Waals surface area contributed by atoms with Crippen molar-refractivity contribution in [3.8, 4) is 0 Å². The second-order valence-corrected chi connectivity index (χ2v) is 4.76. The van der Waals surface area contributed by atoms with Gasteiger partial charge in [0.2, 0.25) is 0 Å². The van der Waals surface area contributed by atoms with Crippen LogP contribution in [0.3, 0.4) is 0 Å². The molecule has 1 heterocycles. The first kappa shape index (κ1) is 12.9. The summed E-state index contributed by atoms with van der Waals surface area (Å²) in [5.74, 6) is 0. The van der Waals surface area contributed by atoms with Gasteiger partial charge in [0, 0.05) is 19.7 Å². The molecule has 0 saturated carbocycles. The summed E-state index contributed by atoms with van der Waals surface area (Å²) in [5, 5.41) is 3.45. The van der Waals surface area contributed by atoms with E-state index in [0.717, 1.165) is 13.1 Å².